The van der Waals surface area contributed by atoms with Gasteiger partial charge in [0.05, 0.1) is 10.4 Å². The van der Waals surface area contributed by atoms with Crippen LogP contribution in [0.5, 0.6) is 0 Å². The molecule has 13 rings (SSSR count). The molecule has 0 unspecified atom stereocenters. The van der Waals surface area contributed by atoms with Crippen molar-refractivity contribution in [2.45, 2.75) is 0 Å². The third-order valence-corrected chi connectivity index (χ3v) is 15.2. The van der Waals surface area contributed by atoms with E-state index < -0.39 is 0 Å². The Balaban J connectivity index is 0.940. The molecule has 70 heavy (non-hydrogen) atoms. The zero-order valence-electron chi connectivity index (χ0n) is 38.5. The highest BCUT2D eigenvalue weighted by molar-refractivity contribution is 7.26. The molecule has 0 fully saturated rings. The zero-order chi connectivity index (χ0) is 46.5. The van der Waals surface area contributed by atoms with Crippen LogP contribution in [-0.2, 0) is 0 Å². The second kappa shape index (κ2) is 17.4. The van der Waals surface area contributed by atoms with Gasteiger partial charge in [0.2, 0.25) is 0 Å². The first-order chi connectivity index (χ1) is 34.6. The van der Waals surface area contributed by atoms with Gasteiger partial charge in [0.15, 0.2) is 0 Å². The lowest BCUT2D eigenvalue weighted by Crippen LogP contribution is -2.18. The fourth-order valence-corrected chi connectivity index (χ4v) is 11.8. The smallest absolute Gasteiger partial charge is 0.0640 e. The van der Waals surface area contributed by atoms with Crippen molar-refractivity contribution in [1.29, 1.82) is 0 Å². The summed E-state index contributed by atoms with van der Waals surface area (Å²) in [7, 11) is 0. The van der Waals surface area contributed by atoms with E-state index in [1.54, 1.807) is 0 Å². The maximum atomic E-state index is 4.75. The molecule has 2 heterocycles. The van der Waals surface area contributed by atoms with Crippen LogP contribution >= 0.6 is 11.3 Å². The number of hydrogen-bond donors (Lipinski definition) is 0. The van der Waals surface area contributed by atoms with Gasteiger partial charge in [-0.15, -0.1) is 11.3 Å². The highest BCUT2D eigenvalue weighted by atomic mass is 32.1. The third kappa shape index (κ3) is 7.27. The predicted molar refractivity (Wildman–Crippen MR) is 303 cm³/mol. The second-order valence-electron chi connectivity index (χ2n) is 18.1. The summed E-state index contributed by atoms with van der Waals surface area (Å²) in [5, 5.41) is 10.1. The number of hydrogen-bond acceptors (Lipinski definition) is 3. The minimum atomic E-state index is 0.701. The molecule has 0 radical (unpaired) electrons. The fraction of sp³-hybridized carbons (Fsp3) is 0.0149. The molecule has 0 bridgehead atoms. The van der Waals surface area contributed by atoms with Gasteiger partial charge in [-0.1, -0.05) is 195 Å². The Kier molecular flexibility index (Phi) is 10.3. The van der Waals surface area contributed by atoms with Crippen molar-refractivity contribution in [3.8, 4) is 22.3 Å². The Labute approximate surface area is 412 Å². The quantitative estimate of drug-likeness (QED) is 0.147. The van der Waals surface area contributed by atoms with E-state index in [0.29, 0.717) is 6.54 Å². The van der Waals surface area contributed by atoms with Crippen molar-refractivity contribution in [3.63, 3.8) is 0 Å². The molecular weight excluding hydrogens is 865 g/mol. The van der Waals surface area contributed by atoms with Crippen LogP contribution in [0.15, 0.2) is 261 Å². The average molecular weight is 911 g/mol. The van der Waals surface area contributed by atoms with Gasteiger partial charge in [-0.2, -0.15) is 0 Å². The molecule has 0 spiro atoms. The van der Waals surface area contributed by atoms with Crippen molar-refractivity contribution in [3.05, 3.63) is 273 Å². The van der Waals surface area contributed by atoms with E-state index in [1.807, 2.05) is 11.3 Å². The van der Waals surface area contributed by atoms with Gasteiger partial charge in [0.1, 0.15) is 0 Å². The van der Waals surface area contributed by atoms with Gasteiger partial charge in [0.25, 0.3) is 0 Å². The van der Waals surface area contributed by atoms with E-state index >= 15 is 0 Å². The van der Waals surface area contributed by atoms with E-state index in [1.165, 1.54) is 63.6 Å². The SMILES string of the molecule is C=C1/C=C(c2ccccc2)\C=C/CN(c2ccc(-c3ccccc3)cc2)c2ccc(-c3ccc(N(c4ccc5c6ccccc6c6ccccc6c5c4)c4cccc5c4sc4ccccc45)cc3)cc21. The van der Waals surface area contributed by atoms with Crippen LogP contribution in [0, 0.1) is 0 Å². The van der Waals surface area contributed by atoms with Crippen molar-refractivity contribution in [2.24, 2.45) is 0 Å². The van der Waals surface area contributed by atoms with E-state index in [2.05, 4.69) is 265 Å². The topological polar surface area (TPSA) is 6.48 Å². The number of benzene rings is 11. The molecule has 1 aliphatic rings. The average Bonchev–Trinajstić information content (AvgIpc) is 3.84. The molecule has 0 N–H and O–H groups in total. The maximum Gasteiger partial charge on any atom is 0.0640 e. The van der Waals surface area contributed by atoms with Crippen molar-refractivity contribution in [1.82, 2.24) is 0 Å². The normalized spacial score (nSPS) is 14.0. The first-order valence-corrected chi connectivity index (χ1v) is 24.8. The molecule has 1 aliphatic heterocycles. The lowest BCUT2D eigenvalue weighted by Gasteiger charge is -2.28. The van der Waals surface area contributed by atoms with Crippen molar-refractivity contribution < 1.29 is 0 Å². The van der Waals surface area contributed by atoms with Gasteiger partial charge in [-0.05, 0) is 138 Å². The van der Waals surface area contributed by atoms with Crippen LogP contribution in [0.4, 0.5) is 28.4 Å². The zero-order valence-corrected chi connectivity index (χ0v) is 39.3. The Morgan fingerprint density at radius 2 is 0.957 bits per heavy atom. The summed E-state index contributed by atoms with van der Waals surface area (Å²) in [6, 6.07) is 86.4. The predicted octanol–water partition coefficient (Wildman–Crippen LogP) is 19.1. The highest BCUT2D eigenvalue weighted by Crippen LogP contribution is 2.47. The Morgan fingerprint density at radius 1 is 0.414 bits per heavy atom. The standard InChI is InChI=1S/C67H46N2S/c1-45-42-50(47-18-6-3-7-19-47)20-15-41-68(52-34-29-48(30-35-52)46-16-4-2-5-17-46)64-40-33-51(43-62(45)64)49-31-36-53(37-32-49)69(65-27-14-26-61-60-25-12-13-28-66(60)70-67(61)65)54-38-39-59-57-23-9-8-21-55(57)56-22-10-11-24-58(56)63(59)44-54/h2-40,42-44H,1,41H2/b20-15-,50-42+. The van der Waals surface area contributed by atoms with Gasteiger partial charge in [0, 0.05) is 50.3 Å². The molecule has 330 valence electrons. The van der Waals surface area contributed by atoms with Crippen LogP contribution in [0.2, 0.25) is 0 Å². The lowest BCUT2D eigenvalue weighted by molar-refractivity contribution is 1.09. The number of rotatable bonds is 7. The molecular formula is C67H46N2S. The van der Waals surface area contributed by atoms with Crippen molar-refractivity contribution >= 4 is 103 Å². The molecule has 2 nitrogen and oxygen atoms in total. The van der Waals surface area contributed by atoms with Crippen LogP contribution in [0.1, 0.15) is 11.1 Å². The fourth-order valence-electron chi connectivity index (χ4n) is 10.6. The summed E-state index contributed by atoms with van der Waals surface area (Å²) in [5.74, 6) is 0. The van der Waals surface area contributed by atoms with Crippen LogP contribution in [0.25, 0.3) is 85.9 Å². The summed E-state index contributed by atoms with van der Waals surface area (Å²) in [4.78, 5) is 4.86. The minimum Gasteiger partial charge on any atom is -0.337 e. The summed E-state index contributed by atoms with van der Waals surface area (Å²) < 4.78 is 2.56. The number of fused-ring (bicyclic) bond motifs is 10. The van der Waals surface area contributed by atoms with Crippen LogP contribution < -0.4 is 9.80 Å². The van der Waals surface area contributed by atoms with Crippen LogP contribution in [0.3, 0.4) is 0 Å². The summed E-state index contributed by atoms with van der Waals surface area (Å²) in [5.41, 5.74) is 14.7. The third-order valence-electron chi connectivity index (χ3n) is 14.0. The van der Waals surface area contributed by atoms with E-state index in [9.17, 15) is 0 Å². The van der Waals surface area contributed by atoms with Gasteiger partial charge in [-0.3, -0.25) is 0 Å². The molecule has 0 atom stereocenters. The minimum absolute atomic E-state index is 0.701. The Morgan fingerprint density at radius 3 is 1.67 bits per heavy atom. The molecule has 0 saturated carbocycles. The van der Waals surface area contributed by atoms with Gasteiger partial charge < -0.3 is 9.80 Å². The van der Waals surface area contributed by atoms with Crippen molar-refractivity contribution in [2.75, 3.05) is 16.3 Å². The summed E-state index contributed by atoms with van der Waals surface area (Å²) in [6.07, 6.45) is 6.74. The molecule has 1 aromatic heterocycles. The first-order valence-electron chi connectivity index (χ1n) is 24.0. The first kappa shape index (κ1) is 41.4. The Hall–Kier alpha value is -8.76. The lowest BCUT2D eigenvalue weighted by atomic mass is 9.93. The summed E-state index contributed by atoms with van der Waals surface area (Å²) >= 11 is 1.87. The monoisotopic (exact) mass is 910 g/mol. The van der Waals surface area contributed by atoms with Crippen LogP contribution in [-0.4, -0.2) is 6.54 Å². The van der Waals surface area contributed by atoms with Gasteiger partial charge >= 0.3 is 0 Å². The number of allylic oxidation sites excluding steroid dienone is 4. The maximum absolute atomic E-state index is 4.75. The molecule has 0 saturated heterocycles. The molecule has 11 aromatic carbocycles. The second-order valence-corrected chi connectivity index (χ2v) is 19.2. The summed E-state index contributed by atoms with van der Waals surface area (Å²) in [6.45, 7) is 5.45. The van der Waals surface area contributed by atoms with E-state index in [-0.39, 0.29) is 0 Å². The Bertz CT molecular complexity index is 4000. The largest absolute Gasteiger partial charge is 0.337 e. The molecule has 0 aliphatic carbocycles. The highest BCUT2D eigenvalue weighted by Gasteiger charge is 2.21. The molecule has 12 aromatic rings. The van der Waals surface area contributed by atoms with E-state index in [0.717, 1.165) is 61.8 Å². The number of anilines is 5. The van der Waals surface area contributed by atoms with E-state index in [4.69, 9.17) is 6.58 Å². The van der Waals surface area contributed by atoms with Gasteiger partial charge in [-0.25, -0.2) is 0 Å². The number of nitrogens with zero attached hydrogens (tertiary/aromatic N) is 2. The molecule has 3 heteroatoms. The molecule has 0 amide bonds. The number of thiophene rings is 1.